The third-order valence-electron chi connectivity index (χ3n) is 5.37. The van der Waals surface area contributed by atoms with E-state index in [0.29, 0.717) is 23.4 Å². The maximum Gasteiger partial charge on any atom is 0.173 e. The van der Waals surface area contributed by atoms with E-state index in [1.165, 1.54) is 18.0 Å². The lowest BCUT2D eigenvalue weighted by Gasteiger charge is -2.38. The average Bonchev–Trinajstić information content (AvgIpc) is 3.12. The summed E-state index contributed by atoms with van der Waals surface area (Å²) in [7, 11) is 0. The van der Waals surface area contributed by atoms with Gasteiger partial charge in [-0.3, -0.25) is 9.97 Å². The number of hydrogen-bond acceptors (Lipinski definition) is 7. The van der Waals surface area contributed by atoms with E-state index in [2.05, 4.69) is 55.9 Å². The van der Waals surface area contributed by atoms with E-state index < -0.39 is 0 Å². The molecule has 31 heavy (non-hydrogen) atoms. The fourth-order valence-electron chi connectivity index (χ4n) is 4.23. The summed E-state index contributed by atoms with van der Waals surface area (Å²) in [4.78, 5) is 16.8. The second-order valence-corrected chi connectivity index (χ2v) is 8.95. The zero-order valence-electron chi connectivity index (χ0n) is 17.6. The monoisotopic (exact) mass is 437 g/mol. The van der Waals surface area contributed by atoms with Gasteiger partial charge in [0.2, 0.25) is 0 Å². The Labute approximate surface area is 184 Å². The van der Waals surface area contributed by atoms with Crippen molar-refractivity contribution in [2.45, 2.75) is 37.8 Å². The number of hydrogen-bond donors (Lipinski definition) is 2. The highest BCUT2D eigenvalue weighted by molar-refractivity contribution is 8.00. The fourth-order valence-corrected chi connectivity index (χ4v) is 4.95. The standard InChI is InChI=1S/C22H24FN7S/c1-13-9-29(10-14(2)26-13)18-4-5-19(21-20(18)24-6-7-25-21)31-28-16-8-17(23)22-27-15(3)11-30(22)12-16/h4-8,11-14,26,28H,9-10H2,1-3H3. The molecule has 0 amide bonds. The molecule has 0 bridgehead atoms. The first-order valence-corrected chi connectivity index (χ1v) is 11.1. The lowest BCUT2D eigenvalue weighted by Crippen LogP contribution is -2.54. The van der Waals surface area contributed by atoms with Crippen molar-refractivity contribution in [2.75, 3.05) is 22.7 Å². The number of fused-ring (bicyclic) bond motifs is 2. The molecule has 7 nitrogen and oxygen atoms in total. The third-order valence-corrected chi connectivity index (χ3v) is 6.26. The average molecular weight is 438 g/mol. The molecule has 0 saturated carbocycles. The minimum atomic E-state index is -0.361. The van der Waals surface area contributed by atoms with Gasteiger partial charge >= 0.3 is 0 Å². The summed E-state index contributed by atoms with van der Waals surface area (Å²) < 4.78 is 19.3. The Balaban J connectivity index is 1.45. The van der Waals surface area contributed by atoms with E-state index >= 15 is 0 Å². The molecule has 1 aromatic carbocycles. The predicted octanol–water partition coefficient (Wildman–Crippen LogP) is 4.03. The molecule has 4 aromatic rings. The Kier molecular flexibility index (Phi) is 5.15. The predicted molar refractivity (Wildman–Crippen MR) is 123 cm³/mol. The van der Waals surface area contributed by atoms with Gasteiger partial charge in [0, 0.05) is 56.0 Å². The van der Waals surface area contributed by atoms with Crippen LogP contribution in [-0.2, 0) is 0 Å². The Morgan fingerprint density at radius 3 is 2.61 bits per heavy atom. The molecule has 1 aliphatic heterocycles. The number of imidazole rings is 1. The molecule has 1 saturated heterocycles. The number of nitrogens with one attached hydrogen (secondary N) is 2. The Bertz CT molecular complexity index is 1250. The summed E-state index contributed by atoms with van der Waals surface area (Å²) in [5.41, 5.74) is 4.55. The van der Waals surface area contributed by atoms with Gasteiger partial charge in [-0.05, 0) is 44.9 Å². The summed E-state index contributed by atoms with van der Waals surface area (Å²) in [6.45, 7) is 8.08. The second kappa shape index (κ2) is 7.97. The fraction of sp³-hybridized carbons (Fsp3) is 0.318. The van der Waals surface area contributed by atoms with Gasteiger partial charge in [-0.1, -0.05) is 0 Å². The molecule has 2 N–H and O–H groups in total. The second-order valence-electron chi connectivity index (χ2n) is 8.10. The van der Waals surface area contributed by atoms with Crippen LogP contribution in [0.3, 0.4) is 0 Å². The highest BCUT2D eigenvalue weighted by Gasteiger charge is 2.23. The van der Waals surface area contributed by atoms with Crippen molar-refractivity contribution in [3.8, 4) is 0 Å². The molecule has 4 heterocycles. The van der Waals surface area contributed by atoms with Crippen LogP contribution in [0.5, 0.6) is 0 Å². The first-order valence-electron chi connectivity index (χ1n) is 10.3. The van der Waals surface area contributed by atoms with Crippen LogP contribution in [0.25, 0.3) is 16.7 Å². The quantitative estimate of drug-likeness (QED) is 0.467. The molecule has 1 aliphatic rings. The van der Waals surface area contributed by atoms with E-state index in [1.807, 2.05) is 13.1 Å². The molecule has 1 fully saturated rings. The minimum Gasteiger partial charge on any atom is -0.367 e. The smallest absolute Gasteiger partial charge is 0.173 e. The number of nitrogens with zero attached hydrogens (tertiary/aromatic N) is 5. The first kappa shape index (κ1) is 20.0. The summed E-state index contributed by atoms with van der Waals surface area (Å²) in [5.74, 6) is -0.361. The minimum absolute atomic E-state index is 0.327. The molecule has 160 valence electrons. The number of aromatic nitrogens is 4. The van der Waals surface area contributed by atoms with E-state index in [0.717, 1.165) is 40.4 Å². The van der Waals surface area contributed by atoms with E-state index in [-0.39, 0.29) is 5.82 Å². The van der Waals surface area contributed by atoms with Crippen molar-refractivity contribution in [3.05, 3.63) is 54.5 Å². The molecule has 0 aliphatic carbocycles. The first-order chi connectivity index (χ1) is 15.0. The van der Waals surface area contributed by atoms with Crippen molar-refractivity contribution >= 4 is 40.0 Å². The highest BCUT2D eigenvalue weighted by Crippen LogP contribution is 2.33. The topological polar surface area (TPSA) is 70.4 Å². The maximum absolute atomic E-state index is 14.4. The summed E-state index contributed by atoms with van der Waals surface area (Å²) in [5, 5.41) is 3.57. The van der Waals surface area contributed by atoms with Crippen LogP contribution in [0.1, 0.15) is 19.5 Å². The highest BCUT2D eigenvalue weighted by atomic mass is 32.2. The molecule has 3 aromatic heterocycles. The van der Waals surface area contributed by atoms with Crippen molar-refractivity contribution in [3.63, 3.8) is 0 Å². The zero-order chi connectivity index (χ0) is 21.5. The lowest BCUT2D eigenvalue weighted by atomic mass is 10.1. The van der Waals surface area contributed by atoms with Gasteiger partial charge in [-0.2, -0.15) is 0 Å². The normalized spacial score (nSPS) is 19.3. The number of piperazine rings is 1. The summed E-state index contributed by atoms with van der Waals surface area (Å²) in [6.07, 6.45) is 7.07. The van der Waals surface area contributed by atoms with Gasteiger partial charge in [0.1, 0.15) is 11.0 Å². The van der Waals surface area contributed by atoms with Crippen LogP contribution in [0.15, 0.2) is 47.9 Å². The van der Waals surface area contributed by atoms with Gasteiger partial charge < -0.3 is 19.3 Å². The lowest BCUT2D eigenvalue weighted by molar-refractivity contribution is 0.407. The molecule has 0 radical (unpaired) electrons. The van der Waals surface area contributed by atoms with Gasteiger partial charge in [-0.15, -0.1) is 0 Å². The molecule has 0 spiro atoms. The number of aryl methyl sites for hydroxylation is 1. The van der Waals surface area contributed by atoms with Crippen LogP contribution in [-0.4, -0.2) is 44.5 Å². The van der Waals surface area contributed by atoms with Crippen molar-refractivity contribution in [1.29, 1.82) is 0 Å². The molecular weight excluding hydrogens is 413 g/mol. The maximum atomic E-state index is 14.4. The van der Waals surface area contributed by atoms with Gasteiger partial charge in [0.05, 0.1) is 22.0 Å². The molecule has 5 rings (SSSR count). The SMILES string of the molecule is Cc1cn2cc(NSc3ccc(N4CC(C)NC(C)C4)c4nccnc34)cc(F)c2n1. The number of halogens is 1. The number of rotatable bonds is 4. The molecular formula is C22H24FN7S. The van der Waals surface area contributed by atoms with Crippen LogP contribution in [0, 0.1) is 12.7 Å². The van der Waals surface area contributed by atoms with E-state index in [9.17, 15) is 4.39 Å². The van der Waals surface area contributed by atoms with Crippen molar-refractivity contribution in [2.24, 2.45) is 0 Å². The summed E-state index contributed by atoms with van der Waals surface area (Å²) in [6, 6.07) is 6.43. The van der Waals surface area contributed by atoms with E-state index in [4.69, 9.17) is 0 Å². The Morgan fingerprint density at radius 1 is 1.10 bits per heavy atom. The number of anilines is 2. The third kappa shape index (κ3) is 3.90. The van der Waals surface area contributed by atoms with Gasteiger partial charge in [-0.25, -0.2) is 9.37 Å². The number of benzene rings is 1. The van der Waals surface area contributed by atoms with Crippen molar-refractivity contribution in [1.82, 2.24) is 24.7 Å². The zero-order valence-corrected chi connectivity index (χ0v) is 18.4. The molecule has 2 unspecified atom stereocenters. The Hall–Kier alpha value is -2.91. The van der Waals surface area contributed by atoms with E-state index in [1.54, 1.807) is 23.0 Å². The Morgan fingerprint density at radius 2 is 1.84 bits per heavy atom. The molecule has 9 heteroatoms. The van der Waals surface area contributed by atoms with Crippen LogP contribution in [0.4, 0.5) is 15.8 Å². The summed E-state index contributed by atoms with van der Waals surface area (Å²) >= 11 is 1.40. The number of pyridine rings is 1. The van der Waals surface area contributed by atoms with Crippen LogP contribution in [0.2, 0.25) is 0 Å². The largest absolute Gasteiger partial charge is 0.367 e. The molecule has 2 atom stereocenters. The van der Waals surface area contributed by atoms with Crippen LogP contribution < -0.4 is 14.9 Å². The van der Waals surface area contributed by atoms with Crippen LogP contribution >= 0.6 is 11.9 Å². The van der Waals surface area contributed by atoms with Gasteiger partial charge in [0.15, 0.2) is 11.5 Å². The van der Waals surface area contributed by atoms with Gasteiger partial charge in [0.25, 0.3) is 0 Å². The van der Waals surface area contributed by atoms with Crippen molar-refractivity contribution < 1.29 is 4.39 Å².